The Labute approximate surface area is 125 Å². The minimum absolute atomic E-state index is 0.130. The molecule has 2 heterocycles. The first-order valence-corrected chi connectivity index (χ1v) is 8.12. The van der Waals surface area contributed by atoms with E-state index in [-0.39, 0.29) is 17.5 Å². The molecule has 2 rings (SSSR count). The number of carbonyl (C=O) groups is 1. The van der Waals surface area contributed by atoms with Crippen LogP contribution in [0.2, 0.25) is 0 Å². The molecule has 0 aromatic carbocycles. The minimum Gasteiger partial charge on any atom is -0.453 e. The van der Waals surface area contributed by atoms with Gasteiger partial charge in [-0.1, -0.05) is 0 Å². The predicted molar refractivity (Wildman–Crippen MR) is 74.6 cm³/mol. The first-order valence-electron chi connectivity index (χ1n) is 5.88. The molecule has 1 aromatic rings. The zero-order valence-electron chi connectivity index (χ0n) is 10.7. The van der Waals surface area contributed by atoms with Crippen LogP contribution in [-0.4, -0.2) is 50.0 Å². The number of methoxy groups -OCH3 is 1. The van der Waals surface area contributed by atoms with Crippen LogP contribution in [0, 0.1) is 0 Å². The highest BCUT2D eigenvalue weighted by molar-refractivity contribution is 9.10. The summed E-state index contributed by atoms with van der Waals surface area (Å²) < 4.78 is 31.2. The lowest BCUT2D eigenvalue weighted by Crippen LogP contribution is -2.38. The van der Waals surface area contributed by atoms with Crippen LogP contribution in [0.4, 0.5) is 4.79 Å². The molecular formula is C11H14BrN3O4S. The number of rotatable bonds is 3. The molecule has 0 aliphatic carbocycles. The zero-order chi connectivity index (χ0) is 14.8. The summed E-state index contributed by atoms with van der Waals surface area (Å²) in [7, 11) is -2.32. The lowest BCUT2D eigenvalue weighted by Gasteiger charge is -2.16. The third kappa shape index (κ3) is 3.28. The summed E-state index contributed by atoms with van der Waals surface area (Å²) in [6.45, 7) is 0.577. The Hall–Kier alpha value is -1.19. The van der Waals surface area contributed by atoms with Crippen molar-refractivity contribution in [2.75, 3.05) is 20.2 Å². The normalized spacial score (nSPS) is 19.8. The smallest absolute Gasteiger partial charge is 0.407 e. The van der Waals surface area contributed by atoms with Gasteiger partial charge in [0.25, 0.3) is 0 Å². The minimum atomic E-state index is -3.59. The maximum Gasteiger partial charge on any atom is 0.407 e. The zero-order valence-corrected chi connectivity index (χ0v) is 13.1. The Kier molecular flexibility index (Phi) is 4.61. The third-order valence-corrected chi connectivity index (χ3v) is 5.24. The van der Waals surface area contributed by atoms with E-state index < -0.39 is 16.1 Å². The number of carbonyl (C=O) groups excluding carboxylic acids is 1. The molecule has 7 nitrogen and oxygen atoms in total. The quantitative estimate of drug-likeness (QED) is 0.863. The van der Waals surface area contributed by atoms with Gasteiger partial charge in [-0.25, -0.2) is 13.2 Å². The first kappa shape index (κ1) is 15.2. The highest BCUT2D eigenvalue weighted by atomic mass is 79.9. The summed E-state index contributed by atoms with van der Waals surface area (Å²) in [5.41, 5.74) is 0. The molecule has 1 aliphatic heterocycles. The number of hydrogen-bond acceptors (Lipinski definition) is 5. The number of pyridine rings is 1. The van der Waals surface area contributed by atoms with Crippen molar-refractivity contribution in [2.24, 2.45) is 0 Å². The van der Waals surface area contributed by atoms with Crippen LogP contribution in [0.3, 0.4) is 0 Å². The number of ether oxygens (including phenoxy) is 1. The molecule has 110 valence electrons. The molecule has 20 heavy (non-hydrogen) atoms. The van der Waals surface area contributed by atoms with Crippen molar-refractivity contribution >= 4 is 32.0 Å². The molecule has 0 spiro atoms. The van der Waals surface area contributed by atoms with E-state index in [1.807, 2.05) is 0 Å². The molecule has 1 fully saturated rings. The molecular weight excluding hydrogens is 350 g/mol. The lowest BCUT2D eigenvalue weighted by molar-refractivity contribution is 0.167. The monoisotopic (exact) mass is 363 g/mol. The van der Waals surface area contributed by atoms with E-state index in [2.05, 4.69) is 31.0 Å². The number of amides is 1. The number of nitrogens with zero attached hydrogens (tertiary/aromatic N) is 2. The van der Waals surface area contributed by atoms with Crippen LogP contribution >= 0.6 is 15.9 Å². The molecule has 1 aromatic heterocycles. The standard InChI is InChI=1S/C11H14BrN3O4S/c1-19-11(16)14-9-2-3-15(7-9)20(17,18)10-4-8(12)5-13-6-10/h4-6,9H,2-3,7H2,1H3,(H,14,16). The SMILES string of the molecule is COC(=O)NC1CCN(S(=O)(=O)c2cncc(Br)c2)C1. The summed E-state index contributed by atoms with van der Waals surface area (Å²) in [6.07, 6.45) is 2.82. The van der Waals surface area contributed by atoms with Crippen LogP contribution in [0.25, 0.3) is 0 Å². The fraction of sp³-hybridized carbons (Fsp3) is 0.455. The van der Waals surface area contributed by atoms with Crippen LogP contribution in [-0.2, 0) is 14.8 Å². The van der Waals surface area contributed by atoms with Crippen molar-refractivity contribution in [3.8, 4) is 0 Å². The number of sulfonamides is 1. The maximum absolute atomic E-state index is 12.4. The van der Waals surface area contributed by atoms with Gasteiger partial charge in [0, 0.05) is 36.0 Å². The molecule has 1 N–H and O–H groups in total. The lowest BCUT2D eigenvalue weighted by atomic mass is 10.3. The number of halogens is 1. The van der Waals surface area contributed by atoms with Gasteiger partial charge < -0.3 is 10.1 Å². The van der Waals surface area contributed by atoms with Crippen LogP contribution < -0.4 is 5.32 Å². The Bertz CT molecular complexity index is 607. The molecule has 1 atom stereocenters. The molecule has 1 amide bonds. The number of aromatic nitrogens is 1. The van der Waals surface area contributed by atoms with Crippen LogP contribution in [0.5, 0.6) is 0 Å². The third-order valence-electron chi connectivity index (χ3n) is 2.98. The van der Waals surface area contributed by atoms with Gasteiger partial charge >= 0.3 is 6.09 Å². The summed E-state index contributed by atoms with van der Waals surface area (Å²) >= 11 is 3.20. The molecule has 0 saturated carbocycles. The second kappa shape index (κ2) is 6.06. The number of nitrogens with one attached hydrogen (secondary N) is 1. The van der Waals surface area contributed by atoms with E-state index in [9.17, 15) is 13.2 Å². The summed E-state index contributed by atoms with van der Waals surface area (Å²) in [5, 5.41) is 2.60. The van der Waals surface area contributed by atoms with Crippen molar-refractivity contribution in [1.82, 2.24) is 14.6 Å². The first-order chi connectivity index (χ1) is 9.43. The average Bonchev–Trinajstić information content (AvgIpc) is 2.87. The molecule has 0 bridgehead atoms. The van der Waals surface area contributed by atoms with E-state index in [4.69, 9.17) is 0 Å². The van der Waals surface area contributed by atoms with E-state index in [1.54, 1.807) is 0 Å². The van der Waals surface area contributed by atoms with Crippen molar-refractivity contribution in [2.45, 2.75) is 17.4 Å². The molecule has 1 unspecified atom stereocenters. The van der Waals surface area contributed by atoms with Crippen LogP contribution in [0.1, 0.15) is 6.42 Å². The Balaban J connectivity index is 2.11. The molecule has 1 aliphatic rings. The van der Waals surface area contributed by atoms with Crippen LogP contribution in [0.15, 0.2) is 27.8 Å². The summed E-state index contributed by atoms with van der Waals surface area (Å²) in [5.74, 6) is 0. The second-order valence-electron chi connectivity index (χ2n) is 4.32. The molecule has 0 radical (unpaired) electrons. The topological polar surface area (TPSA) is 88.6 Å². The number of hydrogen-bond donors (Lipinski definition) is 1. The fourth-order valence-corrected chi connectivity index (χ4v) is 3.98. The van der Waals surface area contributed by atoms with E-state index in [0.29, 0.717) is 17.4 Å². The van der Waals surface area contributed by atoms with Gasteiger partial charge in [0.05, 0.1) is 7.11 Å². The fourth-order valence-electron chi connectivity index (χ4n) is 1.97. The van der Waals surface area contributed by atoms with Crippen molar-refractivity contribution in [3.63, 3.8) is 0 Å². The molecule has 1 saturated heterocycles. The Morgan fingerprint density at radius 3 is 2.95 bits per heavy atom. The molecule has 9 heteroatoms. The van der Waals surface area contributed by atoms with Crippen molar-refractivity contribution < 1.29 is 17.9 Å². The number of alkyl carbamates (subject to hydrolysis) is 1. The largest absolute Gasteiger partial charge is 0.453 e. The van der Waals surface area contributed by atoms with Gasteiger partial charge in [-0.15, -0.1) is 0 Å². The van der Waals surface area contributed by atoms with Crippen molar-refractivity contribution in [1.29, 1.82) is 0 Å². The van der Waals surface area contributed by atoms with E-state index in [0.717, 1.165) is 0 Å². The second-order valence-corrected chi connectivity index (χ2v) is 7.18. The Morgan fingerprint density at radius 2 is 2.30 bits per heavy atom. The Morgan fingerprint density at radius 1 is 1.55 bits per heavy atom. The van der Waals surface area contributed by atoms with Gasteiger partial charge in [-0.05, 0) is 28.4 Å². The summed E-state index contributed by atoms with van der Waals surface area (Å²) in [4.78, 5) is 15.1. The van der Waals surface area contributed by atoms with E-state index in [1.165, 1.54) is 29.9 Å². The van der Waals surface area contributed by atoms with Gasteiger partial charge in [-0.2, -0.15) is 4.31 Å². The average molecular weight is 364 g/mol. The maximum atomic E-state index is 12.4. The van der Waals surface area contributed by atoms with Crippen molar-refractivity contribution in [3.05, 3.63) is 22.9 Å². The summed E-state index contributed by atoms with van der Waals surface area (Å²) in [6, 6.07) is 1.26. The van der Waals surface area contributed by atoms with Gasteiger partial charge in [0.15, 0.2) is 0 Å². The highest BCUT2D eigenvalue weighted by Crippen LogP contribution is 2.22. The van der Waals surface area contributed by atoms with Gasteiger partial charge in [0.2, 0.25) is 10.0 Å². The van der Waals surface area contributed by atoms with E-state index >= 15 is 0 Å². The predicted octanol–water partition coefficient (Wildman–Crippen LogP) is 0.963. The highest BCUT2D eigenvalue weighted by Gasteiger charge is 2.33. The van der Waals surface area contributed by atoms with Gasteiger partial charge in [-0.3, -0.25) is 4.98 Å². The van der Waals surface area contributed by atoms with Gasteiger partial charge in [0.1, 0.15) is 4.90 Å².